The zero-order valence-electron chi connectivity index (χ0n) is 15.6. The molecule has 6 heteroatoms. The second kappa shape index (κ2) is 7.19. The Bertz CT molecular complexity index is 999. The summed E-state index contributed by atoms with van der Waals surface area (Å²) >= 11 is 1.67. The van der Waals surface area contributed by atoms with Gasteiger partial charge >= 0.3 is 0 Å². The van der Waals surface area contributed by atoms with Gasteiger partial charge in [0.25, 0.3) is 5.89 Å². The summed E-state index contributed by atoms with van der Waals surface area (Å²) in [6.45, 7) is 4.71. The molecule has 27 heavy (non-hydrogen) atoms. The minimum absolute atomic E-state index is 0.0560. The molecule has 5 nitrogen and oxygen atoms in total. The van der Waals surface area contributed by atoms with Gasteiger partial charge in [0.1, 0.15) is 0 Å². The van der Waals surface area contributed by atoms with Crippen molar-refractivity contribution in [2.24, 2.45) is 0 Å². The number of aryl methyl sites for hydroxylation is 2. The molecule has 0 bridgehead atoms. The van der Waals surface area contributed by atoms with E-state index in [-0.39, 0.29) is 11.8 Å². The summed E-state index contributed by atoms with van der Waals surface area (Å²) in [4.78, 5) is 20.1. The molecule has 1 aliphatic rings. The van der Waals surface area contributed by atoms with Crippen LogP contribution in [0.1, 0.15) is 29.3 Å². The number of hydrogen-bond acceptors (Lipinski definition) is 5. The van der Waals surface area contributed by atoms with Gasteiger partial charge in [-0.1, -0.05) is 17.3 Å². The van der Waals surface area contributed by atoms with Crippen LogP contribution in [0.25, 0.3) is 11.5 Å². The molecule has 1 aromatic heterocycles. The number of benzene rings is 2. The predicted octanol–water partition coefficient (Wildman–Crippen LogP) is 4.60. The topological polar surface area (TPSA) is 59.2 Å². The van der Waals surface area contributed by atoms with Crippen molar-refractivity contribution in [3.8, 4) is 11.5 Å². The normalized spacial score (nSPS) is 16.9. The first-order valence-corrected chi connectivity index (χ1v) is 10.1. The lowest BCUT2D eigenvalue weighted by Crippen LogP contribution is -2.24. The van der Waals surface area contributed by atoms with Crippen molar-refractivity contribution >= 4 is 23.4 Å². The number of nitrogens with zero attached hydrogens (tertiary/aromatic N) is 3. The van der Waals surface area contributed by atoms with Crippen molar-refractivity contribution < 1.29 is 9.32 Å². The molecule has 1 saturated heterocycles. The molecule has 1 amide bonds. The van der Waals surface area contributed by atoms with Crippen molar-refractivity contribution in [1.29, 1.82) is 0 Å². The van der Waals surface area contributed by atoms with Crippen LogP contribution < -0.4 is 4.90 Å². The Labute approximate surface area is 162 Å². The average molecular weight is 379 g/mol. The van der Waals surface area contributed by atoms with E-state index in [1.165, 1.54) is 11.1 Å². The first-order valence-electron chi connectivity index (χ1n) is 8.91. The van der Waals surface area contributed by atoms with E-state index in [0.29, 0.717) is 24.7 Å². The van der Waals surface area contributed by atoms with Crippen LogP contribution in [0.3, 0.4) is 0 Å². The second-order valence-electron chi connectivity index (χ2n) is 6.86. The van der Waals surface area contributed by atoms with Gasteiger partial charge in [-0.05, 0) is 61.6 Å². The van der Waals surface area contributed by atoms with E-state index >= 15 is 0 Å². The molecule has 1 aliphatic heterocycles. The molecule has 1 fully saturated rings. The Hall–Kier alpha value is -2.60. The summed E-state index contributed by atoms with van der Waals surface area (Å²) in [7, 11) is 0. The van der Waals surface area contributed by atoms with Gasteiger partial charge in [-0.3, -0.25) is 4.79 Å². The average Bonchev–Trinajstić information content (AvgIpc) is 3.31. The number of thioether (sulfide) groups is 1. The molecule has 0 aliphatic carbocycles. The maximum atomic E-state index is 12.5. The number of aromatic nitrogens is 2. The first kappa shape index (κ1) is 17.8. The van der Waals surface area contributed by atoms with E-state index in [9.17, 15) is 4.79 Å². The maximum Gasteiger partial charge on any atom is 0.257 e. The fraction of sp³-hybridized carbons (Fsp3) is 0.286. The quantitative estimate of drug-likeness (QED) is 0.620. The summed E-state index contributed by atoms with van der Waals surface area (Å²) < 4.78 is 5.48. The predicted molar refractivity (Wildman–Crippen MR) is 107 cm³/mol. The van der Waals surface area contributed by atoms with Crippen LogP contribution >= 0.6 is 11.8 Å². The molecule has 3 aromatic rings. The lowest BCUT2D eigenvalue weighted by molar-refractivity contribution is -0.117. The number of hydrogen-bond donors (Lipinski definition) is 0. The van der Waals surface area contributed by atoms with Crippen LogP contribution in [0.4, 0.5) is 5.69 Å². The van der Waals surface area contributed by atoms with Crippen LogP contribution in [0, 0.1) is 13.8 Å². The van der Waals surface area contributed by atoms with Crippen LogP contribution in [0.2, 0.25) is 0 Å². The van der Waals surface area contributed by atoms with Crippen molar-refractivity contribution in [2.75, 3.05) is 17.7 Å². The Morgan fingerprint density at radius 1 is 1.15 bits per heavy atom. The van der Waals surface area contributed by atoms with Crippen LogP contribution in [0.5, 0.6) is 0 Å². The fourth-order valence-electron chi connectivity index (χ4n) is 3.30. The van der Waals surface area contributed by atoms with Gasteiger partial charge in [-0.2, -0.15) is 4.98 Å². The molecule has 138 valence electrons. The second-order valence-corrected chi connectivity index (χ2v) is 7.74. The van der Waals surface area contributed by atoms with Crippen LogP contribution in [0.15, 0.2) is 51.9 Å². The monoisotopic (exact) mass is 379 g/mol. The van der Waals surface area contributed by atoms with Crippen molar-refractivity contribution in [3.05, 3.63) is 59.4 Å². The highest BCUT2D eigenvalue weighted by molar-refractivity contribution is 7.98. The molecule has 2 aromatic carbocycles. The molecular formula is C21H21N3O2S. The van der Waals surface area contributed by atoms with E-state index in [2.05, 4.69) is 24.0 Å². The molecular weight excluding hydrogens is 358 g/mol. The van der Waals surface area contributed by atoms with E-state index in [1.54, 1.807) is 11.8 Å². The molecule has 1 unspecified atom stereocenters. The minimum Gasteiger partial charge on any atom is -0.334 e. The highest BCUT2D eigenvalue weighted by Gasteiger charge is 2.34. The van der Waals surface area contributed by atoms with Gasteiger partial charge in [-0.25, -0.2) is 0 Å². The number of rotatable bonds is 4. The number of amides is 1. The van der Waals surface area contributed by atoms with Gasteiger partial charge in [0.05, 0.1) is 0 Å². The molecule has 0 spiro atoms. The highest BCUT2D eigenvalue weighted by atomic mass is 32.2. The summed E-state index contributed by atoms with van der Waals surface area (Å²) in [6.07, 6.45) is 2.43. The van der Waals surface area contributed by atoms with Crippen LogP contribution in [-0.4, -0.2) is 28.8 Å². The third kappa shape index (κ3) is 3.49. The number of carbonyl (C=O) groups excluding carboxylic acids is 1. The Morgan fingerprint density at radius 2 is 2.00 bits per heavy atom. The zero-order valence-corrected chi connectivity index (χ0v) is 16.4. The van der Waals surface area contributed by atoms with E-state index in [1.807, 2.05) is 53.6 Å². The molecule has 0 N–H and O–H groups in total. The van der Waals surface area contributed by atoms with Crippen molar-refractivity contribution in [2.45, 2.75) is 31.1 Å². The Morgan fingerprint density at radius 3 is 2.78 bits per heavy atom. The number of carbonyl (C=O) groups is 1. The summed E-state index contributed by atoms with van der Waals surface area (Å²) in [6, 6.07) is 14.1. The smallest absolute Gasteiger partial charge is 0.257 e. The lowest BCUT2D eigenvalue weighted by atomic mass is 10.1. The van der Waals surface area contributed by atoms with E-state index in [0.717, 1.165) is 16.1 Å². The molecule has 0 radical (unpaired) electrons. The van der Waals surface area contributed by atoms with Gasteiger partial charge in [-0.15, -0.1) is 11.8 Å². The third-order valence-corrected chi connectivity index (χ3v) is 5.78. The Kier molecular flexibility index (Phi) is 4.74. The SMILES string of the molecule is CSc1cccc(N2CC(c3noc(-c4ccc(C)c(C)c4)n3)CC2=O)c1. The first-order chi connectivity index (χ1) is 13.0. The summed E-state index contributed by atoms with van der Waals surface area (Å²) in [5.41, 5.74) is 4.24. The van der Waals surface area contributed by atoms with Crippen LogP contribution in [-0.2, 0) is 4.79 Å². The zero-order chi connectivity index (χ0) is 19.0. The van der Waals surface area contributed by atoms with E-state index in [4.69, 9.17) is 4.52 Å². The molecule has 1 atom stereocenters. The van der Waals surface area contributed by atoms with Gasteiger partial charge in [0.2, 0.25) is 5.91 Å². The molecule has 4 rings (SSSR count). The molecule has 2 heterocycles. The largest absolute Gasteiger partial charge is 0.334 e. The van der Waals surface area contributed by atoms with Gasteiger partial charge in [0.15, 0.2) is 5.82 Å². The van der Waals surface area contributed by atoms with Crippen molar-refractivity contribution in [1.82, 2.24) is 10.1 Å². The van der Waals surface area contributed by atoms with Crippen molar-refractivity contribution in [3.63, 3.8) is 0 Å². The molecule has 0 saturated carbocycles. The summed E-state index contributed by atoms with van der Waals surface area (Å²) in [5.74, 6) is 1.14. The van der Waals surface area contributed by atoms with Gasteiger partial charge < -0.3 is 9.42 Å². The van der Waals surface area contributed by atoms with E-state index < -0.39 is 0 Å². The number of anilines is 1. The van der Waals surface area contributed by atoms with Gasteiger partial charge in [0, 0.05) is 35.0 Å². The lowest BCUT2D eigenvalue weighted by Gasteiger charge is -2.16. The maximum absolute atomic E-state index is 12.5. The fourth-order valence-corrected chi connectivity index (χ4v) is 3.75. The minimum atomic E-state index is -0.0560. The highest BCUT2D eigenvalue weighted by Crippen LogP contribution is 2.33. The third-order valence-electron chi connectivity index (χ3n) is 5.05. The Balaban J connectivity index is 1.55. The summed E-state index contributed by atoms with van der Waals surface area (Å²) in [5, 5.41) is 4.15. The standard InChI is InChI=1S/C21H21N3O2S/c1-13-7-8-15(9-14(13)2)21-22-20(23-26-21)16-10-19(25)24(12-16)17-5-4-6-18(11-17)27-3/h4-9,11,16H,10,12H2,1-3H3.